The second-order valence-corrected chi connectivity index (χ2v) is 3.08. The van der Waals surface area contributed by atoms with Crippen LogP contribution in [0.5, 0.6) is 0 Å². The van der Waals surface area contributed by atoms with Crippen LogP contribution in [0.15, 0.2) is 11.8 Å². The van der Waals surface area contributed by atoms with Crippen molar-refractivity contribution in [3.05, 3.63) is 11.8 Å². The SMILES string of the molecule is CCC(=O)OC1CCC(CC)=CO1. The average Bonchev–Trinajstić information content (AvgIpc) is 2.19. The molecule has 0 saturated carbocycles. The Hall–Kier alpha value is -0.990. The van der Waals surface area contributed by atoms with Crippen molar-refractivity contribution in [2.45, 2.75) is 45.8 Å². The highest BCUT2D eigenvalue weighted by molar-refractivity contribution is 5.68. The molecule has 13 heavy (non-hydrogen) atoms. The van der Waals surface area contributed by atoms with Gasteiger partial charge in [-0.15, -0.1) is 0 Å². The summed E-state index contributed by atoms with van der Waals surface area (Å²) in [6.07, 6.45) is 4.53. The molecule has 1 unspecified atom stereocenters. The number of hydrogen-bond donors (Lipinski definition) is 0. The van der Waals surface area contributed by atoms with Crippen LogP contribution in [0.4, 0.5) is 0 Å². The number of hydrogen-bond acceptors (Lipinski definition) is 3. The van der Waals surface area contributed by atoms with Gasteiger partial charge in [0.15, 0.2) is 0 Å². The topological polar surface area (TPSA) is 35.5 Å². The minimum Gasteiger partial charge on any atom is -0.462 e. The molecule has 0 aromatic heterocycles. The lowest BCUT2D eigenvalue weighted by molar-refractivity contribution is -0.171. The second-order valence-electron chi connectivity index (χ2n) is 3.08. The van der Waals surface area contributed by atoms with Crippen molar-refractivity contribution in [1.82, 2.24) is 0 Å². The van der Waals surface area contributed by atoms with Crippen LogP contribution >= 0.6 is 0 Å². The van der Waals surface area contributed by atoms with Crippen LogP contribution in [0.1, 0.15) is 39.5 Å². The fourth-order valence-electron chi connectivity index (χ4n) is 1.18. The molecule has 0 aromatic carbocycles. The van der Waals surface area contributed by atoms with Crippen molar-refractivity contribution in [3.63, 3.8) is 0 Å². The van der Waals surface area contributed by atoms with Gasteiger partial charge in [-0.1, -0.05) is 13.8 Å². The molecule has 0 spiro atoms. The molecule has 0 amide bonds. The summed E-state index contributed by atoms with van der Waals surface area (Å²) in [4.78, 5) is 10.9. The number of allylic oxidation sites excluding steroid dienone is 1. The highest BCUT2D eigenvalue weighted by atomic mass is 16.7. The Labute approximate surface area is 78.7 Å². The zero-order valence-corrected chi connectivity index (χ0v) is 8.21. The third-order valence-electron chi connectivity index (χ3n) is 2.09. The molecule has 1 aliphatic heterocycles. The van der Waals surface area contributed by atoms with E-state index in [1.807, 2.05) is 0 Å². The molecule has 1 rings (SSSR count). The van der Waals surface area contributed by atoms with Crippen LogP contribution in [0.25, 0.3) is 0 Å². The first kappa shape index (κ1) is 10.1. The second kappa shape index (κ2) is 4.90. The molecule has 1 heterocycles. The molecule has 1 aliphatic rings. The van der Waals surface area contributed by atoms with Crippen molar-refractivity contribution >= 4 is 5.97 Å². The first-order chi connectivity index (χ1) is 6.26. The van der Waals surface area contributed by atoms with Crippen molar-refractivity contribution in [3.8, 4) is 0 Å². The summed E-state index contributed by atoms with van der Waals surface area (Å²) >= 11 is 0. The van der Waals surface area contributed by atoms with Gasteiger partial charge in [0.1, 0.15) is 0 Å². The lowest BCUT2D eigenvalue weighted by atomic mass is 10.1. The lowest BCUT2D eigenvalue weighted by Gasteiger charge is -2.22. The maximum atomic E-state index is 10.9. The maximum absolute atomic E-state index is 10.9. The zero-order chi connectivity index (χ0) is 9.68. The zero-order valence-electron chi connectivity index (χ0n) is 8.21. The predicted octanol–water partition coefficient (Wildman–Crippen LogP) is 2.37. The summed E-state index contributed by atoms with van der Waals surface area (Å²) in [5, 5.41) is 0. The van der Waals surface area contributed by atoms with Gasteiger partial charge in [-0.05, 0) is 18.4 Å². The molecule has 0 bridgehead atoms. The Morgan fingerprint density at radius 2 is 2.46 bits per heavy atom. The van der Waals surface area contributed by atoms with Gasteiger partial charge in [-0.25, -0.2) is 0 Å². The van der Waals surface area contributed by atoms with Gasteiger partial charge in [0.25, 0.3) is 0 Å². The number of esters is 1. The van der Waals surface area contributed by atoms with E-state index in [1.54, 1.807) is 13.2 Å². The normalized spacial score (nSPS) is 21.7. The number of carbonyl (C=O) groups excluding carboxylic acids is 1. The monoisotopic (exact) mass is 184 g/mol. The quantitative estimate of drug-likeness (QED) is 0.632. The van der Waals surface area contributed by atoms with Gasteiger partial charge < -0.3 is 9.47 Å². The van der Waals surface area contributed by atoms with Gasteiger partial charge in [-0.3, -0.25) is 4.79 Å². The molecule has 0 aromatic rings. The predicted molar refractivity (Wildman–Crippen MR) is 48.9 cm³/mol. The van der Waals surface area contributed by atoms with Crippen LogP contribution in [-0.4, -0.2) is 12.3 Å². The lowest BCUT2D eigenvalue weighted by Crippen LogP contribution is -2.21. The van der Waals surface area contributed by atoms with Gasteiger partial charge in [0.05, 0.1) is 6.26 Å². The number of rotatable bonds is 3. The summed E-state index contributed by atoms with van der Waals surface area (Å²) in [7, 11) is 0. The third-order valence-corrected chi connectivity index (χ3v) is 2.09. The minimum atomic E-state index is -0.359. The van der Waals surface area contributed by atoms with Crippen LogP contribution in [0.3, 0.4) is 0 Å². The van der Waals surface area contributed by atoms with Crippen LogP contribution in [0, 0.1) is 0 Å². The van der Waals surface area contributed by atoms with E-state index in [0.29, 0.717) is 6.42 Å². The van der Waals surface area contributed by atoms with E-state index < -0.39 is 0 Å². The molecule has 0 fully saturated rings. The Bertz CT molecular complexity index is 208. The van der Waals surface area contributed by atoms with Gasteiger partial charge in [-0.2, -0.15) is 0 Å². The van der Waals surface area contributed by atoms with E-state index in [1.165, 1.54) is 5.57 Å². The highest BCUT2D eigenvalue weighted by Crippen LogP contribution is 2.20. The van der Waals surface area contributed by atoms with Crippen LogP contribution in [-0.2, 0) is 14.3 Å². The molecule has 3 heteroatoms. The summed E-state index contributed by atoms with van der Waals surface area (Å²) in [6, 6.07) is 0. The molecule has 1 atom stereocenters. The Morgan fingerprint density at radius 1 is 1.69 bits per heavy atom. The fraction of sp³-hybridized carbons (Fsp3) is 0.700. The van der Waals surface area contributed by atoms with Crippen LogP contribution < -0.4 is 0 Å². The van der Waals surface area contributed by atoms with Gasteiger partial charge in [0.2, 0.25) is 6.29 Å². The van der Waals surface area contributed by atoms with E-state index >= 15 is 0 Å². The van der Waals surface area contributed by atoms with E-state index in [2.05, 4.69) is 6.92 Å². The van der Waals surface area contributed by atoms with E-state index in [0.717, 1.165) is 19.3 Å². The molecule has 0 N–H and O–H groups in total. The van der Waals surface area contributed by atoms with Crippen molar-refractivity contribution < 1.29 is 14.3 Å². The largest absolute Gasteiger partial charge is 0.462 e. The highest BCUT2D eigenvalue weighted by Gasteiger charge is 2.17. The Balaban J connectivity index is 2.33. The maximum Gasteiger partial charge on any atom is 0.308 e. The molecule has 0 radical (unpaired) electrons. The molecule has 74 valence electrons. The van der Waals surface area contributed by atoms with Gasteiger partial charge in [0, 0.05) is 12.8 Å². The van der Waals surface area contributed by atoms with E-state index in [9.17, 15) is 4.79 Å². The van der Waals surface area contributed by atoms with E-state index in [4.69, 9.17) is 9.47 Å². The first-order valence-electron chi connectivity index (χ1n) is 4.79. The smallest absolute Gasteiger partial charge is 0.308 e. The van der Waals surface area contributed by atoms with Crippen molar-refractivity contribution in [2.24, 2.45) is 0 Å². The molecular formula is C10H16O3. The number of carbonyl (C=O) groups is 1. The fourth-order valence-corrected chi connectivity index (χ4v) is 1.18. The van der Waals surface area contributed by atoms with Gasteiger partial charge >= 0.3 is 5.97 Å². The molecule has 3 nitrogen and oxygen atoms in total. The molecule has 0 aliphatic carbocycles. The Morgan fingerprint density at radius 3 is 2.92 bits per heavy atom. The summed E-state index contributed by atoms with van der Waals surface area (Å²) in [6.45, 7) is 3.87. The molecular weight excluding hydrogens is 168 g/mol. The van der Waals surface area contributed by atoms with E-state index in [-0.39, 0.29) is 12.3 Å². The Kier molecular flexibility index (Phi) is 3.80. The summed E-state index contributed by atoms with van der Waals surface area (Å²) < 4.78 is 10.3. The molecule has 0 saturated heterocycles. The van der Waals surface area contributed by atoms with Crippen molar-refractivity contribution in [2.75, 3.05) is 0 Å². The summed E-state index contributed by atoms with van der Waals surface area (Å²) in [5.74, 6) is -0.196. The standard InChI is InChI=1S/C10H16O3/c1-3-8-5-6-10(12-7-8)13-9(11)4-2/h7,10H,3-6H2,1-2H3. The average molecular weight is 184 g/mol. The van der Waals surface area contributed by atoms with Crippen molar-refractivity contribution in [1.29, 1.82) is 0 Å². The first-order valence-corrected chi connectivity index (χ1v) is 4.79. The van der Waals surface area contributed by atoms with Crippen LogP contribution in [0.2, 0.25) is 0 Å². The number of ether oxygens (including phenoxy) is 2. The third kappa shape index (κ3) is 3.09. The summed E-state index contributed by atoms with van der Waals surface area (Å²) in [5.41, 5.74) is 1.28. The minimum absolute atomic E-state index is 0.196.